The third-order valence-corrected chi connectivity index (χ3v) is 2.74. The molecule has 1 unspecified atom stereocenters. The summed E-state index contributed by atoms with van der Waals surface area (Å²) in [6.07, 6.45) is 1.45. The summed E-state index contributed by atoms with van der Waals surface area (Å²) in [4.78, 5) is 24.5. The van der Waals surface area contributed by atoms with E-state index in [4.69, 9.17) is 0 Å². The van der Waals surface area contributed by atoms with E-state index in [1.165, 1.54) is 0 Å². The van der Waals surface area contributed by atoms with Gasteiger partial charge in [0.2, 0.25) is 5.91 Å². The first kappa shape index (κ1) is 14.1. The van der Waals surface area contributed by atoms with Crippen molar-refractivity contribution in [2.45, 2.75) is 53.5 Å². The van der Waals surface area contributed by atoms with Gasteiger partial charge in [0.15, 0.2) is 5.78 Å². The number of hydrogen-bond donors (Lipinski definition) is 0. The molecule has 1 aliphatic heterocycles. The molecule has 0 saturated carbocycles. The van der Waals surface area contributed by atoms with Crippen molar-refractivity contribution >= 4 is 11.7 Å². The topological polar surface area (TPSA) is 37.4 Å². The zero-order chi connectivity index (χ0) is 12.0. The second-order valence-corrected chi connectivity index (χ2v) is 3.76. The van der Waals surface area contributed by atoms with Crippen molar-refractivity contribution in [1.29, 1.82) is 0 Å². The highest BCUT2D eigenvalue weighted by molar-refractivity contribution is 5.88. The molecule has 1 fully saturated rings. The molecule has 3 heteroatoms. The third-order valence-electron chi connectivity index (χ3n) is 2.74. The Labute approximate surface area is 92.8 Å². The van der Waals surface area contributed by atoms with Crippen molar-refractivity contribution < 1.29 is 9.59 Å². The molecule has 1 rings (SSSR count). The van der Waals surface area contributed by atoms with E-state index in [9.17, 15) is 9.59 Å². The van der Waals surface area contributed by atoms with E-state index in [-0.39, 0.29) is 17.7 Å². The van der Waals surface area contributed by atoms with Crippen molar-refractivity contribution in [1.82, 2.24) is 4.90 Å². The van der Waals surface area contributed by atoms with E-state index in [1.54, 1.807) is 11.8 Å². The summed E-state index contributed by atoms with van der Waals surface area (Å²) in [6, 6.07) is -0.160. The largest absolute Gasteiger partial charge is 0.332 e. The van der Waals surface area contributed by atoms with Crippen LogP contribution in [0.15, 0.2) is 0 Å². The minimum absolute atomic E-state index is 0.101. The van der Waals surface area contributed by atoms with Gasteiger partial charge in [-0.25, -0.2) is 0 Å². The Morgan fingerprint density at radius 1 is 1.33 bits per heavy atom. The summed E-state index contributed by atoms with van der Waals surface area (Å²) in [5.41, 5.74) is 0. The molecular weight excluding hydrogens is 190 g/mol. The molecule has 0 bridgehead atoms. The molecule has 0 aliphatic carbocycles. The second-order valence-electron chi connectivity index (χ2n) is 3.76. The molecular formula is C12H23NO2. The normalized spacial score (nSPS) is 24.5. The average Bonchev–Trinajstić information content (AvgIpc) is 2.62. The number of carbonyl (C=O) groups is 2. The zero-order valence-corrected chi connectivity index (χ0v) is 10.5. The van der Waals surface area contributed by atoms with Gasteiger partial charge in [0, 0.05) is 13.0 Å². The second kappa shape index (κ2) is 6.59. The molecule has 1 heterocycles. The fourth-order valence-corrected chi connectivity index (χ4v) is 2.05. The number of likely N-dealkylation sites (tertiary alicyclic amines) is 1. The Bertz CT molecular complexity index is 226. The molecule has 0 spiro atoms. The van der Waals surface area contributed by atoms with Gasteiger partial charge in [0.1, 0.15) is 0 Å². The van der Waals surface area contributed by atoms with Gasteiger partial charge in [0.25, 0.3) is 0 Å². The van der Waals surface area contributed by atoms with Gasteiger partial charge in [-0.1, -0.05) is 27.7 Å². The highest BCUT2D eigenvalue weighted by Crippen LogP contribution is 2.24. The molecule has 1 saturated heterocycles. The van der Waals surface area contributed by atoms with Crippen molar-refractivity contribution in [3.8, 4) is 0 Å². The van der Waals surface area contributed by atoms with Crippen LogP contribution in [0, 0.1) is 5.92 Å². The van der Waals surface area contributed by atoms with Gasteiger partial charge in [-0.3, -0.25) is 9.59 Å². The van der Waals surface area contributed by atoms with E-state index in [2.05, 4.69) is 0 Å². The lowest BCUT2D eigenvalue weighted by atomic mass is 10.00. The molecule has 0 radical (unpaired) electrons. The van der Waals surface area contributed by atoms with Crippen LogP contribution >= 0.6 is 0 Å². The van der Waals surface area contributed by atoms with Crippen LogP contribution in [0.2, 0.25) is 0 Å². The lowest BCUT2D eigenvalue weighted by molar-refractivity contribution is -0.137. The lowest BCUT2D eigenvalue weighted by Gasteiger charge is -2.24. The predicted molar refractivity (Wildman–Crippen MR) is 61.6 cm³/mol. The van der Waals surface area contributed by atoms with Crippen LogP contribution in [0.5, 0.6) is 0 Å². The van der Waals surface area contributed by atoms with E-state index < -0.39 is 0 Å². The highest BCUT2D eigenvalue weighted by Gasteiger charge is 2.36. The lowest BCUT2D eigenvalue weighted by Crippen LogP contribution is -2.41. The van der Waals surface area contributed by atoms with Gasteiger partial charge in [0.05, 0.1) is 6.04 Å². The average molecular weight is 213 g/mol. The smallest absolute Gasteiger partial charge is 0.222 e. The first-order valence-corrected chi connectivity index (χ1v) is 5.87. The third kappa shape index (κ3) is 3.33. The van der Waals surface area contributed by atoms with Gasteiger partial charge < -0.3 is 4.90 Å². The molecule has 88 valence electrons. The number of rotatable bonds is 2. The van der Waals surface area contributed by atoms with Gasteiger partial charge >= 0.3 is 0 Å². The SMILES string of the molecule is CC.CCC(=O)N1CC[C@H](C)C1C(C)=O. The maximum absolute atomic E-state index is 11.4. The first-order valence-electron chi connectivity index (χ1n) is 5.87. The first-order chi connectivity index (χ1) is 7.07. The maximum atomic E-state index is 11.4. The van der Waals surface area contributed by atoms with Crippen LogP contribution < -0.4 is 0 Å². The minimum atomic E-state index is -0.160. The van der Waals surface area contributed by atoms with Crippen LogP contribution in [-0.2, 0) is 9.59 Å². The standard InChI is InChI=1S/C10H17NO2.C2H6/c1-4-9(13)11-6-5-7(2)10(11)8(3)12;1-2/h7,10H,4-6H2,1-3H3;1-2H3/t7-,10?;/m0./s1. The molecule has 3 nitrogen and oxygen atoms in total. The van der Waals surface area contributed by atoms with E-state index in [0.29, 0.717) is 12.3 Å². The summed E-state index contributed by atoms with van der Waals surface area (Å²) in [7, 11) is 0. The van der Waals surface area contributed by atoms with Gasteiger partial charge in [-0.2, -0.15) is 0 Å². The number of ketones is 1. The van der Waals surface area contributed by atoms with Crippen molar-refractivity contribution in [3.05, 3.63) is 0 Å². The summed E-state index contributed by atoms with van der Waals surface area (Å²) < 4.78 is 0. The molecule has 1 aliphatic rings. The van der Waals surface area contributed by atoms with Crippen molar-refractivity contribution in [2.75, 3.05) is 6.54 Å². The van der Waals surface area contributed by atoms with E-state index >= 15 is 0 Å². The summed E-state index contributed by atoms with van der Waals surface area (Å²) in [6.45, 7) is 10.2. The fraction of sp³-hybridized carbons (Fsp3) is 0.833. The predicted octanol–water partition coefficient (Wildman–Crippen LogP) is 2.25. The van der Waals surface area contributed by atoms with Crippen LogP contribution in [-0.4, -0.2) is 29.2 Å². The van der Waals surface area contributed by atoms with Crippen LogP contribution in [0.1, 0.15) is 47.5 Å². The quantitative estimate of drug-likeness (QED) is 0.705. The molecule has 1 amide bonds. The Balaban J connectivity index is 0.000000921. The molecule has 0 aromatic heterocycles. The number of nitrogens with zero attached hydrogens (tertiary/aromatic N) is 1. The Morgan fingerprint density at radius 3 is 2.27 bits per heavy atom. The zero-order valence-electron chi connectivity index (χ0n) is 10.5. The number of amides is 1. The van der Waals surface area contributed by atoms with Crippen LogP contribution in [0.4, 0.5) is 0 Å². The summed E-state index contributed by atoms with van der Waals surface area (Å²) in [5, 5.41) is 0. The summed E-state index contributed by atoms with van der Waals surface area (Å²) >= 11 is 0. The van der Waals surface area contributed by atoms with E-state index in [1.807, 2.05) is 27.7 Å². The Hall–Kier alpha value is -0.860. The van der Waals surface area contributed by atoms with Gasteiger partial charge in [-0.15, -0.1) is 0 Å². The fourth-order valence-electron chi connectivity index (χ4n) is 2.05. The summed E-state index contributed by atoms with van der Waals surface area (Å²) in [5.74, 6) is 0.546. The number of hydrogen-bond acceptors (Lipinski definition) is 2. The van der Waals surface area contributed by atoms with E-state index in [0.717, 1.165) is 13.0 Å². The highest BCUT2D eigenvalue weighted by atomic mass is 16.2. The molecule has 0 N–H and O–H groups in total. The number of Topliss-reactive ketones (excluding diaryl/α,β-unsaturated/α-hetero) is 1. The molecule has 0 aromatic rings. The maximum Gasteiger partial charge on any atom is 0.222 e. The van der Waals surface area contributed by atoms with Gasteiger partial charge in [-0.05, 0) is 19.3 Å². The molecule has 0 aromatic carbocycles. The Morgan fingerprint density at radius 2 is 1.87 bits per heavy atom. The van der Waals surface area contributed by atoms with Crippen LogP contribution in [0.3, 0.4) is 0 Å². The van der Waals surface area contributed by atoms with Crippen molar-refractivity contribution in [3.63, 3.8) is 0 Å². The molecule has 2 atom stereocenters. The van der Waals surface area contributed by atoms with Crippen molar-refractivity contribution in [2.24, 2.45) is 5.92 Å². The molecule has 15 heavy (non-hydrogen) atoms. The monoisotopic (exact) mass is 213 g/mol. The number of carbonyl (C=O) groups excluding carboxylic acids is 2. The Kier molecular flexibility index (Phi) is 6.21. The van der Waals surface area contributed by atoms with Crippen LogP contribution in [0.25, 0.3) is 0 Å². The minimum Gasteiger partial charge on any atom is -0.332 e.